The normalized spacial score (nSPS) is 12.2. The van der Waals surface area contributed by atoms with Gasteiger partial charge in [-0.3, -0.25) is 0 Å². The van der Waals surface area contributed by atoms with Crippen molar-refractivity contribution >= 4 is 0 Å². The molecule has 0 saturated heterocycles. The molecule has 2 heteroatoms. The molecule has 2 nitrogen and oxygen atoms in total. The van der Waals surface area contributed by atoms with Gasteiger partial charge in [0.05, 0.1) is 6.04 Å². The van der Waals surface area contributed by atoms with E-state index >= 15 is 0 Å². The maximum absolute atomic E-state index is 6.02. The lowest BCUT2D eigenvalue weighted by atomic mass is 10.0. The highest BCUT2D eigenvalue weighted by molar-refractivity contribution is 5.38. The van der Waals surface area contributed by atoms with Crippen molar-refractivity contribution in [2.45, 2.75) is 26.8 Å². The molecule has 0 radical (unpaired) electrons. The van der Waals surface area contributed by atoms with Crippen molar-refractivity contribution in [1.29, 1.82) is 0 Å². The number of aryl methyl sites for hydroxylation is 2. The first-order valence-electron chi connectivity index (χ1n) is 7.05. The van der Waals surface area contributed by atoms with Gasteiger partial charge >= 0.3 is 0 Å². The molecule has 2 aromatic carbocycles. The highest BCUT2D eigenvalue weighted by atomic mass is 16.5. The van der Waals surface area contributed by atoms with Crippen LogP contribution >= 0.6 is 0 Å². The molecule has 0 amide bonds. The van der Waals surface area contributed by atoms with Gasteiger partial charge in [-0.15, -0.1) is 0 Å². The number of ether oxygens (including phenoxy) is 1. The molecule has 0 aromatic heterocycles. The fourth-order valence-electron chi connectivity index (χ4n) is 2.36. The van der Waals surface area contributed by atoms with Gasteiger partial charge in [0.1, 0.15) is 12.4 Å². The van der Waals surface area contributed by atoms with Crippen molar-refractivity contribution < 1.29 is 4.74 Å². The van der Waals surface area contributed by atoms with E-state index in [9.17, 15) is 0 Å². The van der Waals surface area contributed by atoms with Crippen LogP contribution in [-0.4, -0.2) is 13.7 Å². The predicted molar refractivity (Wildman–Crippen MR) is 84.4 cm³/mol. The van der Waals surface area contributed by atoms with Crippen LogP contribution in [-0.2, 0) is 0 Å². The van der Waals surface area contributed by atoms with E-state index in [1.54, 1.807) is 0 Å². The Hall–Kier alpha value is -1.80. The molecule has 0 aliphatic heterocycles. The minimum absolute atomic E-state index is 0.205. The van der Waals surface area contributed by atoms with E-state index in [1.807, 2.05) is 19.2 Å². The molecule has 1 unspecified atom stereocenters. The molecule has 0 aliphatic rings. The SMILES string of the molecule is CNC(COc1cccc(C)c1C)c1ccccc1C. The minimum Gasteiger partial charge on any atom is -0.491 e. The van der Waals surface area contributed by atoms with Crippen molar-refractivity contribution in [3.05, 3.63) is 64.7 Å². The molecule has 0 aliphatic carbocycles. The van der Waals surface area contributed by atoms with Crippen LogP contribution in [0.2, 0.25) is 0 Å². The molecule has 2 aromatic rings. The number of rotatable bonds is 5. The van der Waals surface area contributed by atoms with Gasteiger partial charge in [0.2, 0.25) is 0 Å². The van der Waals surface area contributed by atoms with E-state index in [2.05, 4.69) is 56.4 Å². The quantitative estimate of drug-likeness (QED) is 0.887. The average Bonchev–Trinajstić information content (AvgIpc) is 2.45. The molecule has 0 heterocycles. The summed E-state index contributed by atoms with van der Waals surface area (Å²) in [6.45, 7) is 6.98. The Balaban J connectivity index is 2.12. The van der Waals surface area contributed by atoms with Gasteiger partial charge in [-0.1, -0.05) is 36.4 Å². The fourth-order valence-corrected chi connectivity index (χ4v) is 2.36. The predicted octanol–water partition coefficient (Wildman–Crippen LogP) is 3.95. The molecule has 2 rings (SSSR count). The van der Waals surface area contributed by atoms with E-state index < -0.39 is 0 Å². The number of hydrogen-bond donors (Lipinski definition) is 1. The topological polar surface area (TPSA) is 21.3 Å². The van der Waals surface area contributed by atoms with Gasteiger partial charge < -0.3 is 10.1 Å². The Morgan fingerprint density at radius 2 is 1.65 bits per heavy atom. The summed E-state index contributed by atoms with van der Waals surface area (Å²) in [6, 6.07) is 14.8. The lowest BCUT2D eigenvalue weighted by Gasteiger charge is -2.20. The third-order valence-corrected chi connectivity index (χ3v) is 3.87. The first kappa shape index (κ1) is 14.6. The van der Waals surface area contributed by atoms with Crippen molar-refractivity contribution in [3.63, 3.8) is 0 Å². The zero-order valence-electron chi connectivity index (χ0n) is 12.7. The lowest BCUT2D eigenvalue weighted by Crippen LogP contribution is -2.24. The highest BCUT2D eigenvalue weighted by Crippen LogP contribution is 2.23. The molecule has 1 atom stereocenters. The van der Waals surface area contributed by atoms with Crippen molar-refractivity contribution in [1.82, 2.24) is 5.32 Å². The van der Waals surface area contributed by atoms with Crippen LogP contribution in [0.1, 0.15) is 28.3 Å². The summed E-state index contributed by atoms with van der Waals surface area (Å²) in [4.78, 5) is 0. The number of benzene rings is 2. The number of likely N-dealkylation sites (N-methyl/N-ethyl adjacent to an activating group) is 1. The molecule has 0 bridgehead atoms. The first-order valence-corrected chi connectivity index (χ1v) is 7.05. The zero-order chi connectivity index (χ0) is 14.5. The average molecular weight is 269 g/mol. The maximum atomic E-state index is 6.02. The second-order valence-corrected chi connectivity index (χ2v) is 5.21. The van der Waals surface area contributed by atoms with Crippen LogP contribution in [0.15, 0.2) is 42.5 Å². The molecule has 20 heavy (non-hydrogen) atoms. The smallest absolute Gasteiger partial charge is 0.122 e. The van der Waals surface area contributed by atoms with E-state index in [4.69, 9.17) is 4.74 Å². The second-order valence-electron chi connectivity index (χ2n) is 5.21. The number of nitrogens with one attached hydrogen (secondary N) is 1. The Morgan fingerprint density at radius 1 is 0.950 bits per heavy atom. The summed E-state index contributed by atoms with van der Waals surface area (Å²) < 4.78 is 6.02. The lowest BCUT2D eigenvalue weighted by molar-refractivity contribution is 0.271. The monoisotopic (exact) mass is 269 g/mol. The third kappa shape index (κ3) is 3.20. The Bertz CT molecular complexity index is 577. The second kappa shape index (κ2) is 6.58. The summed E-state index contributed by atoms with van der Waals surface area (Å²) in [5, 5.41) is 3.34. The van der Waals surface area contributed by atoms with Gasteiger partial charge in [0.25, 0.3) is 0 Å². The molecule has 1 N–H and O–H groups in total. The summed E-state index contributed by atoms with van der Waals surface area (Å²) in [7, 11) is 1.98. The van der Waals surface area contributed by atoms with Gasteiger partial charge in [-0.05, 0) is 56.1 Å². The van der Waals surface area contributed by atoms with Gasteiger partial charge in [0.15, 0.2) is 0 Å². The Kier molecular flexibility index (Phi) is 4.80. The van der Waals surface area contributed by atoms with Crippen molar-refractivity contribution in [2.75, 3.05) is 13.7 Å². The standard InChI is InChI=1S/C18H23NO/c1-13-9-7-11-18(15(13)3)20-12-17(19-4)16-10-6-5-8-14(16)2/h5-11,17,19H,12H2,1-4H3. The molecule has 0 spiro atoms. The molecular formula is C18H23NO. The molecule has 106 valence electrons. The third-order valence-electron chi connectivity index (χ3n) is 3.87. The summed E-state index contributed by atoms with van der Waals surface area (Å²) in [5.74, 6) is 0.971. The van der Waals surface area contributed by atoms with E-state index in [0.29, 0.717) is 6.61 Å². The Labute approximate surface area is 121 Å². The van der Waals surface area contributed by atoms with Crippen LogP contribution in [0.5, 0.6) is 5.75 Å². The molecule has 0 fully saturated rings. The van der Waals surface area contributed by atoms with Crippen LogP contribution in [0.4, 0.5) is 0 Å². The summed E-state index contributed by atoms with van der Waals surface area (Å²) >= 11 is 0. The fraction of sp³-hybridized carbons (Fsp3) is 0.333. The first-order chi connectivity index (χ1) is 9.63. The minimum atomic E-state index is 0.205. The van der Waals surface area contributed by atoms with Crippen molar-refractivity contribution in [2.24, 2.45) is 0 Å². The molecule has 0 saturated carbocycles. The highest BCUT2D eigenvalue weighted by Gasteiger charge is 2.13. The van der Waals surface area contributed by atoms with E-state index in [-0.39, 0.29) is 6.04 Å². The van der Waals surface area contributed by atoms with Crippen LogP contribution < -0.4 is 10.1 Å². The van der Waals surface area contributed by atoms with Gasteiger partial charge in [-0.25, -0.2) is 0 Å². The molecular weight excluding hydrogens is 246 g/mol. The largest absolute Gasteiger partial charge is 0.491 e. The van der Waals surface area contributed by atoms with Crippen LogP contribution in [0.25, 0.3) is 0 Å². The van der Waals surface area contributed by atoms with Crippen LogP contribution in [0, 0.1) is 20.8 Å². The van der Waals surface area contributed by atoms with E-state index in [1.165, 1.54) is 22.3 Å². The summed E-state index contributed by atoms with van der Waals surface area (Å²) in [5.41, 5.74) is 5.06. The number of hydrogen-bond acceptors (Lipinski definition) is 2. The Morgan fingerprint density at radius 3 is 2.35 bits per heavy atom. The maximum Gasteiger partial charge on any atom is 0.122 e. The zero-order valence-corrected chi connectivity index (χ0v) is 12.7. The van der Waals surface area contributed by atoms with Crippen LogP contribution in [0.3, 0.4) is 0 Å². The van der Waals surface area contributed by atoms with Crippen molar-refractivity contribution in [3.8, 4) is 5.75 Å². The van der Waals surface area contributed by atoms with Gasteiger partial charge in [0, 0.05) is 0 Å². The van der Waals surface area contributed by atoms with E-state index in [0.717, 1.165) is 5.75 Å². The summed E-state index contributed by atoms with van der Waals surface area (Å²) in [6.07, 6.45) is 0. The van der Waals surface area contributed by atoms with Gasteiger partial charge in [-0.2, -0.15) is 0 Å².